The van der Waals surface area contributed by atoms with E-state index < -0.39 is 41.5 Å². The van der Waals surface area contributed by atoms with Gasteiger partial charge in [-0.1, -0.05) is 0 Å². The maximum Gasteiger partial charge on any atom is 0.412 e. The molecule has 1 aromatic rings. The number of hydrogen-bond acceptors (Lipinski definition) is 3. The highest BCUT2D eigenvalue weighted by Crippen LogP contribution is 2.23. The van der Waals surface area contributed by atoms with Crippen molar-refractivity contribution in [3.63, 3.8) is 0 Å². The van der Waals surface area contributed by atoms with Gasteiger partial charge in [-0.05, 0) is 26.8 Å². The third kappa shape index (κ3) is 5.85. The summed E-state index contributed by atoms with van der Waals surface area (Å²) in [6, 6.07) is 0.826. The number of carbonyl (C=O) groups is 1. The Labute approximate surface area is 113 Å². The number of halogens is 4. The van der Waals surface area contributed by atoms with Crippen LogP contribution in [0.5, 0.6) is 0 Å². The zero-order valence-electron chi connectivity index (χ0n) is 11.1. The minimum atomic E-state index is -4.46. The van der Waals surface area contributed by atoms with Crippen LogP contribution in [0.3, 0.4) is 0 Å². The van der Waals surface area contributed by atoms with Crippen molar-refractivity contribution in [1.29, 1.82) is 0 Å². The molecule has 0 aliphatic rings. The van der Waals surface area contributed by atoms with Crippen molar-refractivity contribution in [2.24, 2.45) is 0 Å². The fourth-order valence-electron chi connectivity index (χ4n) is 1.29. The van der Waals surface area contributed by atoms with Crippen molar-refractivity contribution in [1.82, 2.24) is 4.98 Å². The lowest BCUT2D eigenvalue weighted by molar-refractivity contribution is -0.127. The predicted molar refractivity (Wildman–Crippen MR) is 63.8 cm³/mol. The molecule has 4 nitrogen and oxygen atoms in total. The van der Waals surface area contributed by atoms with E-state index in [1.165, 1.54) is 0 Å². The quantitative estimate of drug-likeness (QED) is 0.847. The Morgan fingerprint density at radius 2 is 1.95 bits per heavy atom. The number of rotatable bonds is 2. The third-order valence-electron chi connectivity index (χ3n) is 1.93. The summed E-state index contributed by atoms with van der Waals surface area (Å²) >= 11 is 0. The molecule has 0 fully saturated rings. The molecule has 0 aromatic carbocycles. The first-order valence-corrected chi connectivity index (χ1v) is 5.67. The van der Waals surface area contributed by atoms with Crippen molar-refractivity contribution in [2.45, 2.75) is 39.0 Å². The van der Waals surface area contributed by atoms with Crippen molar-refractivity contribution in [3.05, 3.63) is 23.8 Å². The van der Waals surface area contributed by atoms with E-state index in [-0.39, 0.29) is 0 Å². The summed E-state index contributed by atoms with van der Waals surface area (Å²) in [7, 11) is 0. The van der Waals surface area contributed by atoms with Crippen molar-refractivity contribution >= 4 is 11.8 Å². The standard InChI is InChI=1S/C12H14F4N2O2/c1-11(2,3)20-10(19)18-9-4-7(5-12(14,15)16)17-6-8(9)13/h4,6H,5H2,1-3H3,(H,17,18,19). The SMILES string of the molecule is CC(C)(C)OC(=O)Nc1cc(CC(F)(F)F)ncc1F. The van der Waals surface area contributed by atoms with E-state index >= 15 is 0 Å². The maximum absolute atomic E-state index is 13.4. The average Bonchev–Trinajstić information content (AvgIpc) is 2.18. The molecular formula is C12H14F4N2O2. The summed E-state index contributed by atoms with van der Waals surface area (Å²) in [4.78, 5) is 14.8. The van der Waals surface area contributed by atoms with Crippen LogP contribution in [-0.2, 0) is 11.2 Å². The molecule has 1 heterocycles. The number of pyridine rings is 1. The summed E-state index contributed by atoms with van der Waals surface area (Å²) in [5.41, 5.74) is -1.61. The lowest BCUT2D eigenvalue weighted by Crippen LogP contribution is -2.27. The molecule has 8 heteroatoms. The second-order valence-corrected chi connectivity index (χ2v) is 5.07. The topological polar surface area (TPSA) is 51.2 Å². The van der Waals surface area contributed by atoms with Gasteiger partial charge in [-0.15, -0.1) is 0 Å². The van der Waals surface area contributed by atoms with E-state index in [1.54, 1.807) is 20.8 Å². The molecule has 112 valence electrons. The van der Waals surface area contributed by atoms with E-state index in [4.69, 9.17) is 4.74 Å². The van der Waals surface area contributed by atoms with Crippen molar-refractivity contribution in [3.8, 4) is 0 Å². The Morgan fingerprint density at radius 3 is 2.45 bits per heavy atom. The molecule has 0 saturated carbocycles. The zero-order chi connectivity index (χ0) is 15.6. The Bertz CT molecular complexity index is 495. The molecule has 0 radical (unpaired) electrons. The number of amides is 1. The molecule has 0 bridgehead atoms. The molecule has 0 atom stereocenters. The van der Waals surface area contributed by atoms with Gasteiger partial charge in [-0.3, -0.25) is 10.3 Å². The lowest BCUT2D eigenvalue weighted by Gasteiger charge is -2.20. The Balaban J connectivity index is 2.84. The fourth-order valence-corrected chi connectivity index (χ4v) is 1.29. The van der Waals surface area contributed by atoms with Gasteiger partial charge in [0.15, 0.2) is 5.82 Å². The largest absolute Gasteiger partial charge is 0.444 e. The van der Waals surface area contributed by atoms with E-state index in [0.717, 1.165) is 6.07 Å². The van der Waals surface area contributed by atoms with Gasteiger partial charge in [0, 0.05) is 0 Å². The average molecular weight is 294 g/mol. The van der Waals surface area contributed by atoms with Crippen molar-refractivity contribution < 1.29 is 27.1 Å². The number of ether oxygens (including phenoxy) is 1. The highest BCUT2D eigenvalue weighted by Gasteiger charge is 2.29. The number of hydrogen-bond donors (Lipinski definition) is 1. The summed E-state index contributed by atoms with van der Waals surface area (Å²) in [6.45, 7) is 4.81. The van der Waals surface area contributed by atoms with Gasteiger partial charge in [0.05, 0.1) is 24.0 Å². The second-order valence-electron chi connectivity index (χ2n) is 5.07. The first kappa shape index (κ1) is 16.2. The van der Waals surface area contributed by atoms with Crippen LogP contribution < -0.4 is 5.32 Å². The summed E-state index contributed by atoms with van der Waals surface area (Å²) in [6.07, 6.45) is -6.11. The van der Waals surface area contributed by atoms with Crippen LogP contribution in [0.25, 0.3) is 0 Å². The normalized spacial score (nSPS) is 12.2. The molecule has 0 unspecified atom stereocenters. The highest BCUT2D eigenvalue weighted by atomic mass is 19.4. The fraction of sp³-hybridized carbons (Fsp3) is 0.500. The minimum Gasteiger partial charge on any atom is -0.444 e. The van der Waals surface area contributed by atoms with Gasteiger partial charge in [0.2, 0.25) is 0 Å². The molecule has 0 spiro atoms. The van der Waals surface area contributed by atoms with Gasteiger partial charge in [0.1, 0.15) is 5.60 Å². The highest BCUT2D eigenvalue weighted by molar-refractivity contribution is 5.85. The van der Waals surface area contributed by atoms with Crippen LogP contribution in [-0.4, -0.2) is 22.9 Å². The van der Waals surface area contributed by atoms with Gasteiger partial charge in [-0.2, -0.15) is 13.2 Å². The number of aromatic nitrogens is 1. The third-order valence-corrected chi connectivity index (χ3v) is 1.93. The molecule has 1 amide bonds. The Morgan fingerprint density at radius 1 is 1.35 bits per heavy atom. The zero-order valence-corrected chi connectivity index (χ0v) is 11.1. The van der Waals surface area contributed by atoms with Crippen molar-refractivity contribution in [2.75, 3.05) is 5.32 Å². The Hall–Kier alpha value is -1.86. The number of alkyl halides is 3. The first-order valence-electron chi connectivity index (χ1n) is 5.67. The molecular weight excluding hydrogens is 280 g/mol. The van der Waals surface area contributed by atoms with Crippen LogP contribution in [0.4, 0.5) is 28.0 Å². The van der Waals surface area contributed by atoms with Crippen LogP contribution in [0.2, 0.25) is 0 Å². The van der Waals surface area contributed by atoms with E-state index in [0.29, 0.717) is 6.20 Å². The smallest absolute Gasteiger partial charge is 0.412 e. The Kier molecular flexibility index (Phi) is 4.57. The summed E-state index contributed by atoms with van der Waals surface area (Å²) in [5.74, 6) is -0.943. The van der Waals surface area contributed by atoms with Crippen LogP contribution >= 0.6 is 0 Å². The number of carbonyl (C=O) groups excluding carboxylic acids is 1. The van der Waals surface area contributed by atoms with Gasteiger partial charge < -0.3 is 4.74 Å². The molecule has 1 aromatic heterocycles. The number of nitrogens with zero attached hydrogens (tertiary/aromatic N) is 1. The monoisotopic (exact) mass is 294 g/mol. The van der Waals surface area contributed by atoms with Gasteiger partial charge in [-0.25, -0.2) is 9.18 Å². The molecule has 0 saturated heterocycles. The van der Waals surface area contributed by atoms with E-state index in [2.05, 4.69) is 4.98 Å². The first-order chi connectivity index (χ1) is 8.96. The van der Waals surface area contributed by atoms with E-state index in [9.17, 15) is 22.4 Å². The molecule has 0 aliphatic carbocycles. The van der Waals surface area contributed by atoms with Gasteiger partial charge >= 0.3 is 12.3 Å². The van der Waals surface area contributed by atoms with Crippen LogP contribution in [0.1, 0.15) is 26.5 Å². The molecule has 0 aliphatic heterocycles. The molecule has 20 heavy (non-hydrogen) atoms. The maximum atomic E-state index is 13.4. The van der Waals surface area contributed by atoms with Gasteiger partial charge in [0.25, 0.3) is 0 Å². The summed E-state index contributed by atoms with van der Waals surface area (Å²) in [5, 5.41) is 2.05. The molecule has 1 rings (SSSR count). The number of nitrogens with one attached hydrogen (secondary N) is 1. The van der Waals surface area contributed by atoms with Crippen LogP contribution in [0, 0.1) is 5.82 Å². The summed E-state index contributed by atoms with van der Waals surface area (Å²) < 4.78 is 54.9. The van der Waals surface area contributed by atoms with Crippen LogP contribution in [0.15, 0.2) is 12.3 Å². The molecule has 1 N–H and O–H groups in total. The lowest BCUT2D eigenvalue weighted by atomic mass is 10.2. The van der Waals surface area contributed by atoms with E-state index in [1.807, 2.05) is 5.32 Å². The number of anilines is 1. The second kappa shape index (κ2) is 5.64. The predicted octanol–water partition coefficient (Wildman–Crippen LogP) is 3.67. The minimum absolute atomic E-state index is 0.398.